The molecule has 1 aromatic carbocycles. The van der Waals surface area contributed by atoms with Gasteiger partial charge in [0.05, 0.1) is 18.7 Å². The summed E-state index contributed by atoms with van der Waals surface area (Å²) < 4.78 is 0. The van der Waals surface area contributed by atoms with Crippen LogP contribution >= 0.6 is 0 Å². The first-order valence-electron chi connectivity index (χ1n) is 6.67. The Labute approximate surface area is 124 Å². The van der Waals surface area contributed by atoms with Crippen LogP contribution in [0.15, 0.2) is 46.9 Å². The average molecular weight is 299 g/mol. The number of carbonyl (C=O) groups is 2. The number of aliphatic hydroxyl groups excluding tert-OH is 1. The molecule has 3 rings (SSSR count). The number of aliphatic hydroxyl groups is 1. The summed E-state index contributed by atoms with van der Waals surface area (Å²) in [5.74, 6) is -0.948. The molecule has 1 aliphatic rings. The topological polar surface area (TPSA) is 102 Å². The van der Waals surface area contributed by atoms with Gasteiger partial charge in [0.15, 0.2) is 0 Å². The minimum atomic E-state index is -0.485. The molecule has 0 unspecified atom stereocenters. The van der Waals surface area contributed by atoms with E-state index in [1.807, 2.05) is 0 Å². The van der Waals surface area contributed by atoms with Crippen molar-refractivity contribution in [2.75, 3.05) is 18.5 Å². The molecule has 2 aromatic rings. The Morgan fingerprint density at radius 1 is 1.14 bits per heavy atom. The number of fused-ring (bicyclic) bond motifs is 1. The van der Waals surface area contributed by atoms with Gasteiger partial charge >= 0.3 is 0 Å². The standard InChI is InChI=1S/C15H13N3O4/c19-6-5-18-14(21)8-12(15(18)22)16-10-3-1-9-2-4-13(20)17-11(9)7-10/h1-4,7-8,16,19H,5-6H2,(H,17,20). The molecule has 7 nitrogen and oxygen atoms in total. The van der Waals surface area contributed by atoms with Gasteiger partial charge < -0.3 is 15.4 Å². The summed E-state index contributed by atoms with van der Waals surface area (Å²) in [6, 6.07) is 8.35. The SMILES string of the molecule is O=C1C=C(Nc2ccc3ccc(=O)[nH]c3c2)C(=O)N1CCO. The second-order valence-electron chi connectivity index (χ2n) is 4.83. The van der Waals surface area contributed by atoms with Crippen LogP contribution in [0.1, 0.15) is 0 Å². The molecule has 3 N–H and O–H groups in total. The molecule has 7 heteroatoms. The van der Waals surface area contributed by atoms with Crippen molar-refractivity contribution < 1.29 is 14.7 Å². The third kappa shape index (κ3) is 2.49. The first-order valence-corrected chi connectivity index (χ1v) is 6.67. The van der Waals surface area contributed by atoms with Crippen LogP contribution in [0, 0.1) is 0 Å². The highest BCUT2D eigenvalue weighted by Gasteiger charge is 2.30. The largest absolute Gasteiger partial charge is 0.395 e. The number of imide groups is 1. The van der Waals surface area contributed by atoms with Crippen LogP contribution in [0.5, 0.6) is 0 Å². The molecular weight excluding hydrogens is 286 g/mol. The van der Waals surface area contributed by atoms with Crippen molar-refractivity contribution in [3.63, 3.8) is 0 Å². The van der Waals surface area contributed by atoms with Gasteiger partial charge in [0.1, 0.15) is 5.70 Å². The molecule has 0 saturated carbocycles. The second kappa shape index (κ2) is 5.45. The molecule has 1 aliphatic heterocycles. The maximum absolute atomic E-state index is 12.0. The molecule has 0 aliphatic carbocycles. The Hall–Kier alpha value is -2.93. The number of aromatic amines is 1. The third-order valence-corrected chi connectivity index (χ3v) is 3.34. The van der Waals surface area contributed by atoms with Crippen LogP contribution < -0.4 is 10.9 Å². The Morgan fingerprint density at radius 2 is 1.91 bits per heavy atom. The van der Waals surface area contributed by atoms with E-state index in [0.717, 1.165) is 10.3 Å². The summed E-state index contributed by atoms with van der Waals surface area (Å²) in [7, 11) is 0. The van der Waals surface area contributed by atoms with Crippen molar-refractivity contribution in [3.8, 4) is 0 Å². The second-order valence-corrected chi connectivity index (χ2v) is 4.83. The number of nitrogens with one attached hydrogen (secondary N) is 2. The van der Waals surface area contributed by atoms with Crippen molar-refractivity contribution in [2.24, 2.45) is 0 Å². The van der Waals surface area contributed by atoms with Crippen molar-refractivity contribution in [3.05, 3.63) is 52.5 Å². The lowest BCUT2D eigenvalue weighted by atomic mass is 10.2. The lowest BCUT2D eigenvalue weighted by Gasteiger charge is -2.13. The molecule has 0 atom stereocenters. The number of H-pyrrole nitrogens is 1. The number of anilines is 1. The molecule has 22 heavy (non-hydrogen) atoms. The highest BCUT2D eigenvalue weighted by Crippen LogP contribution is 2.20. The number of hydrogen-bond acceptors (Lipinski definition) is 5. The van der Waals surface area contributed by atoms with E-state index < -0.39 is 11.8 Å². The fourth-order valence-corrected chi connectivity index (χ4v) is 2.29. The number of nitrogens with zero attached hydrogens (tertiary/aromatic N) is 1. The zero-order valence-electron chi connectivity index (χ0n) is 11.5. The van der Waals surface area contributed by atoms with Crippen LogP contribution in [0.2, 0.25) is 0 Å². The Morgan fingerprint density at radius 3 is 2.68 bits per heavy atom. The van der Waals surface area contributed by atoms with Gasteiger partial charge in [-0.05, 0) is 23.6 Å². The number of carbonyl (C=O) groups excluding carboxylic acids is 2. The van der Waals surface area contributed by atoms with E-state index in [4.69, 9.17) is 5.11 Å². The molecule has 112 valence electrons. The van der Waals surface area contributed by atoms with E-state index in [-0.39, 0.29) is 24.4 Å². The van der Waals surface area contributed by atoms with Gasteiger partial charge in [0, 0.05) is 17.8 Å². The monoisotopic (exact) mass is 299 g/mol. The first-order chi connectivity index (χ1) is 10.6. The van der Waals surface area contributed by atoms with E-state index in [0.29, 0.717) is 11.2 Å². The molecule has 0 fully saturated rings. The van der Waals surface area contributed by atoms with E-state index >= 15 is 0 Å². The Balaban J connectivity index is 1.87. The number of β-amino-alcohol motifs (C(OH)–C–C–N with tert-alkyl or cyclic N) is 1. The van der Waals surface area contributed by atoms with Gasteiger partial charge in [-0.2, -0.15) is 0 Å². The van der Waals surface area contributed by atoms with Crippen LogP contribution in [0.4, 0.5) is 5.69 Å². The highest BCUT2D eigenvalue weighted by molar-refractivity contribution is 6.17. The van der Waals surface area contributed by atoms with Gasteiger partial charge in [-0.3, -0.25) is 19.3 Å². The zero-order chi connectivity index (χ0) is 15.7. The quantitative estimate of drug-likeness (QED) is 0.699. The molecule has 0 radical (unpaired) electrons. The summed E-state index contributed by atoms with van der Waals surface area (Å²) in [5, 5.41) is 12.6. The smallest absolute Gasteiger partial charge is 0.277 e. The number of rotatable bonds is 4. The number of benzene rings is 1. The minimum Gasteiger partial charge on any atom is -0.395 e. The molecule has 2 amide bonds. The van der Waals surface area contributed by atoms with Crippen LogP contribution in [0.25, 0.3) is 10.9 Å². The summed E-state index contributed by atoms with van der Waals surface area (Å²) in [4.78, 5) is 38.7. The maximum Gasteiger partial charge on any atom is 0.277 e. The van der Waals surface area contributed by atoms with Crippen molar-refractivity contribution in [1.82, 2.24) is 9.88 Å². The zero-order valence-corrected chi connectivity index (χ0v) is 11.5. The molecule has 2 heterocycles. The number of aromatic nitrogens is 1. The number of hydrogen-bond donors (Lipinski definition) is 3. The normalized spacial score (nSPS) is 14.6. The van der Waals surface area contributed by atoms with Crippen LogP contribution in [-0.2, 0) is 9.59 Å². The average Bonchev–Trinajstić information content (AvgIpc) is 2.75. The van der Waals surface area contributed by atoms with Crippen molar-refractivity contribution in [1.29, 1.82) is 0 Å². The lowest BCUT2D eigenvalue weighted by Crippen LogP contribution is -2.34. The maximum atomic E-state index is 12.0. The van der Waals surface area contributed by atoms with Crippen LogP contribution in [0.3, 0.4) is 0 Å². The Bertz CT molecular complexity index is 853. The van der Waals surface area contributed by atoms with E-state index in [2.05, 4.69) is 10.3 Å². The van der Waals surface area contributed by atoms with E-state index in [1.54, 1.807) is 24.3 Å². The number of pyridine rings is 1. The lowest BCUT2D eigenvalue weighted by molar-refractivity contribution is -0.137. The van der Waals surface area contributed by atoms with E-state index in [9.17, 15) is 14.4 Å². The highest BCUT2D eigenvalue weighted by atomic mass is 16.3. The minimum absolute atomic E-state index is 0.0373. The third-order valence-electron chi connectivity index (χ3n) is 3.34. The summed E-state index contributed by atoms with van der Waals surface area (Å²) in [6.45, 7) is -0.319. The summed E-state index contributed by atoms with van der Waals surface area (Å²) in [5.41, 5.74) is 1.12. The predicted octanol–water partition coefficient (Wildman–Crippen LogP) is 0.185. The van der Waals surface area contributed by atoms with Gasteiger partial charge in [-0.1, -0.05) is 6.07 Å². The van der Waals surface area contributed by atoms with Gasteiger partial charge in [-0.25, -0.2) is 0 Å². The molecule has 0 spiro atoms. The molecule has 0 saturated heterocycles. The molecular formula is C15H13N3O4. The molecule has 1 aromatic heterocycles. The molecule has 0 bridgehead atoms. The van der Waals surface area contributed by atoms with E-state index in [1.165, 1.54) is 12.1 Å². The van der Waals surface area contributed by atoms with Gasteiger partial charge in [0.2, 0.25) is 5.56 Å². The van der Waals surface area contributed by atoms with Crippen molar-refractivity contribution >= 4 is 28.4 Å². The predicted molar refractivity (Wildman–Crippen MR) is 80.1 cm³/mol. The van der Waals surface area contributed by atoms with Gasteiger partial charge in [-0.15, -0.1) is 0 Å². The summed E-state index contributed by atoms with van der Waals surface area (Å²) in [6.07, 6.45) is 1.19. The first kappa shape index (κ1) is 14.0. The number of amides is 2. The van der Waals surface area contributed by atoms with Crippen LogP contribution in [-0.4, -0.2) is 40.0 Å². The Kier molecular flexibility index (Phi) is 3.48. The summed E-state index contributed by atoms with van der Waals surface area (Å²) >= 11 is 0. The van der Waals surface area contributed by atoms with Gasteiger partial charge in [0.25, 0.3) is 11.8 Å². The van der Waals surface area contributed by atoms with Crippen molar-refractivity contribution in [2.45, 2.75) is 0 Å². The fourth-order valence-electron chi connectivity index (χ4n) is 2.29. The fraction of sp³-hybridized carbons (Fsp3) is 0.133.